The molecule has 0 saturated carbocycles. The van der Waals surface area contributed by atoms with Crippen molar-refractivity contribution in [2.45, 2.75) is 13.1 Å². The van der Waals surface area contributed by atoms with Crippen LogP contribution in [0.25, 0.3) is 0 Å². The number of nitrogens with two attached hydrogens (primary N) is 1. The number of rotatable bonds is 4. The lowest BCUT2D eigenvalue weighted by Gasteiger charge is -2.05. The third-order valence-corrected chi connectivity index (χ3v) is 2.64. The van der Waals surface area contributed by atoms with E-state index in [-0.39, 0.29) is 5.82 Å². The molecule has 98 valence electrons. The molecular formula is C15H16FN3. The minimum Gasteiger partial charge on any atom is -0.370 e. The van der Waals surface area contributed by atoms with Gasteiger partial charge in [0.2, 0.25) is 0 Å². The Hall–Kier alpha value is -2.36. The molecule has 0 saturated heterocycles. The quantitative estimate of drug-likeness (QED) is 0.653. The zero-order valence-corrected chi connectivity index (χ0v) is 10.5. The first-order chi connectivity index (χ1) is 9.24. The predicted octanol–water partition coefficient (Wildman–Crippen LogP) is 2.43. The molecular weight excluding hydrogens is 241 g/mol. The molecule has 2 rings (SSSR count). The van der Waals surface area contributed by atoms with Gasteiger partial charge in [0.1, 0.15) is 5.82 Å². The van der Waals surface area contributed by atoms with Gasteiger partial charge in [-0.3, -0.25) is 0 Å². The van der Waals surface area contributed by atoms with Gasteiger partial charge >= 0.3 is 0 Å². The average Bonchev–Trinajstić information content (AvgIpc) is 2.44. The molecule has 0 heterocycles. The molecule has 0 bridgehead atoms. The van der Waals surface area contributed by atoms with Crippen LogP contribution in [-0.4, -0.2) is 5.96 Å². The zero-order chi connectivity index (χ0) is 13.5. The average molecular weight is 257 g/mol. The molecule has 0 atom stereocenters. The summed E-state index contributed by atoms with van der Waals surface area (Å²) in [6.45, 7) is 0.991. The van der Waals surface area contributed by atoms with Gasteiger partial charge < -0.3 is 11.1 Å². The summed E-state index contributed by atoms with van der Waals surface area (Å²) in [6.07, 6.45) is 0. The molecule has 4 heteroatoms. The van der Waals surface area contributed by atoms with Crippen LogP contribution in [-0.2, 0) is 13.1 Å². The Labute approximate surface area is 112 Å². The predicted molar refractivity (Wildman–Crippen MR) is 75.0 cm³/mol. The Morgan fingerprint density at radius 2 is 1.79 bits per heavy atom. The van der Waals surface area contributed by atoms with E-state index in [4.69, 9.17) is 5.73 Å². The van der Waals surface area contributed by atoms with Crippen molar-refractivity contribution in [2.75, 3.05) is 0 Å². The molecule has 2 aromatic carbocycles. The number of halogens is 1. The molecule has 0 unspecified atom stereocenters. The maximum absolute atomic E-state index is 13.0. The number of aliphatic imine (C=N–C) groups is 1. The number of nitrogens with one attached hydrogen (secondary N) is 1. The van der Waals surface area contributed by atoms with Gasteiger partial charge in [-0.15, -0.1) is 0 Å². The number of hydrogen-bond acceptors (Lipinski definition) is 1. The van der Waals surface area contributed by atoms with Crippen molar-refractivity contribution < 1.29 is 4.39 Å². The first-order valence-corrected chi connectivity index (χ1v) is 6.06. The van der Waals surface area contributed by atoms with Gasteiger partial charge in [0, 0.05) is 6.54 Å². The molecule has 3 N–H and O–H groups in total. The lowest BCUT2D eigenvalue weighted by Crippen LogP contribution is -2.31. The summed E-state index contributed by atoms with van der Waals surface area (Å²) in [6, 6.07) is 16.3. The van der Waals surface area contributed by atoms with Gasteiger partial charge in [-0.1, -0.05) is 42.5 Å². The van der Waals surface area contributed by atoms with E-state index < -0.39 is 0 Å². The fourth-order valence-corrected chi connectivity index (χ4v) is 1.66. The van der Waals surface area contributed by atoms with E-state index in [0.717, 1.165) is 11.1 Å². The highest BCUT2D eigenvalue weighted by Gasteiger charge is 1.96. The molecule has 2 aromatic rings. The number of hydrogen-bond donors (Lipinski definition) is 2. The van der Waals surface area contributed by atoms with E-state index in [1.807, 2.05) is 36.4 Å². The van der Waals surface area contributed by atoms with Crippen LogP contribution in [0, 0.1) is 5.82 Å². The first kappa shape index (κ1) is 13.1. The third-order valence-electron chi connectivity index (χ3n) is 2.64. The smallest absolute Gasteiger partial charge is 0.189 e. The van der Waals surface area contributed by atoms with E-state index in [1.165, 1.54) is 12.1 Å². The van der Waals surface area contributed by atoms with E-state index in [1.54, 1.807) is 6.07 Å². The minimum atomic E-state index is -0.261. The molecule has 0 aliphatic carbocycles. The van der Waals surface area contributed by atoms with Crippen LogP contribution in [0.1, 0.15) is 11.1 Å². The molecule has 0 amide bonds. The van der Waals surface area contributed by atoms with Crippen molar-refractivity contribution in [3.05, 3.63) is 71.5 Å². The van der Waals surface area contributed by atoms with Crippen LogP contribution in [0.3, 0.4) is 0 Å². The van der Waals surface area contributed by atoms with Crippen LogP contribution in [0.15, 0.2) is 59.6 Å². The summed E-state index contributed by atoms with van der Waals surface area (Å²) in [5.41, 5.74) is 7.68. The van der Waals surface area contributed by atoms with Crippen LogP contribution < -0.4 is 11.1 Å². The van der Waals surface area contributed by atoms with Crippen molar-refractivity contribution in [3.63, 3.8) is 0 Å². The number of guanidine groups is 1. The van der Waals surface area contributed by atoms with E-state index >= 15 is 0 Å². The topological polar surface area (TPSA) is 50.4 Å². The highest BCUT2D eigenvalue weighted by molar-refractivity contribution is 5.77. The molecule has 0 aromatic heterocycles. The summed E-state index contributed by atoms with van der Waals surface area (Å²) in [5, 5.41) is 3.02. The Morgan fingerprint density at radius 1 is 1.05 bits per heavy atom. The van der Waals surface area contributed by atoms with Gasteiger partial charge in [0.15, 0.2) is 5.96 Å². The van der Waals surface area contributed by atoms with Crippen LogP contribution >= 0.6 is 0 Å². The first-order valence-electron chi connectivity index (χ1n) is 6.06. The lowest BCUT2D eigenvalue weighted by molar-refractivity contribution is 0.625. The van der Waals surface area contributed by atoms with Gasteiger partial charge in [0.05, 0.1) is 6.54 Å². The monoisotopic (exact) mass is 257 g/mol. The summed E-state index contributed by atoms with van der Waals surface area (Å²) >= 11 is 0. The summed E-state index contributed by atoms with van der Waals surface area (Å²) in [7, 11) is 0. The minimum absolute atomic E-state index is 0.261. The van der Waals surface area contributed by atoms with Crippen molar-refractivity contribution in [1.29, 1.82) is 0 Å². The molecule has 19 heavy (non-hydrogen) atoms. The zero-order valence-electron chi connectivity index (χ0n) is 10.5. The molecule has 3 nitrogen and oxygen atoms in total. The van der Waals surface area contributed by atoms with Crippen molar-refractivity contribution in [2.24, 2.45) is 10.7 Å². The van der Waals surface area contributed by atoms with Crippen molar-refractivity contribution in [1.82, 2.24) is 5.32 Å². The highest BCUT2D eigenvalue weighted by Crippen LogP contribution is 2.04. The Balaban J connectivity index is 1.86. The summed E-state index contributed by atoms with van der Waals surface area (Å²) in [5.74, 6) is 0.0941. The van der Waals surface area contributed by atoms with Crippen LogP contribution in [0.4, 0.5) is 4.39 Å². The van der Waals surface area contributed by atoms with Crippen molar-refractivity contribution >= 4 is 5.96 Å². The largest absolute Gasteiger partial charge is 0.370 e. The van der Waals surface area contributed by atoms with Crippen LogP contribution in [0.5, 0.6) is 0 Å². The Kier molecular flexibility index (Phi) is 4.50. The lowest BCUT2D eigenvalue weighted by atomic mass is 10.2. The van der Waals surface area contributed by atoms with Crippen molar-refractivity contribution in [3.8, 4) is 0 Å². The van der Waals surface area contributed by atoms with Gasteiger partial charge in [-0.25, -0.2) is 9.38 Å². The second-order valence-electron chi connectivity index (χ2n) is 4.17. The standard InChI is InChI=1S/C15H16FN3/c16-14-8-4-7-13(9-14)11-19-15(17)18-10-12-5-2-1-3-6-12/h1-9H,10-11H2,(H3,17,18,19). The fourth-order valence-electron chi connectivity index (χ4n) is 1.66. The summed E-state index contributed by atoms with van der Waals surface area (Å²) < 4.78 is 13.0. The second kappa shape index (κ2) is 6.54. The van der Waals surface area contributed by atoms with Crippen LogP contribution in [0.2, 0.25) is 0 Å². The maximum Gasteiger partial charge on any atom is 0.189 e. The van der Waals surface area contributed by atoms with Gasteiger partial charge in [0.25, 0.3) is 0 Å². The number of benzene rings is 2. The van der Waals surface area contributed by atoms with Gasteiger partial charge in [-0.05, 0) is 23.3 Å². The molecule has 0 radical (unpaired) electrons. The molecule has 0 fully saturated rings. The molecule has 0 aliphatic heterocycles. The van der Waals surface area contributed by atoms with Gasteiger partial charge in [-0.2, -0.15) is 0 Å². The molecule has 0 aliphatic rings. The number of nitrogens with zero attached hydrogens (tertiary/aromatic N) is 1. The Morgan fingerprint density at radius 3 is 2.53 bits per heavy atom. The Bertz CT molecular complexity index is 552. The van der Waals surface area contributed by atoms with E-state index in [9.17, 15) is 4.39 Å². The SMILES string of the molecule is NC(=NCc1cccc(F)c1)NCc1ccccc1. The van der Waals surface area contributed by atoms with E-state index in [0.29, 0.717) is 19.0 Å². The molecule has 0 spiro atoms. The summed E-state index contributed by atoms with van der Waals surface area (Å²) in [4.78, 5) is 4.17. The highest BCUT2D eigenvalue weighted by atomic mass is 19.1. The fraction of sp³-hybridized carbons (Fsp3) is 0.133. The second-order valence-corrected chi connectivity index (χ2v) is 4.17. The van der Waals surface area contributed by atoms with E-state index in [2.05, 4.69) is 10.3 Å². The maximum atomic E-state index is 13.0. The normalized spacial score (nSPS) is 11.3. The third kappa shape index (κ3) is 4.43.